The van der Waals surface area contributed by atoms with Gasteiger partial charge in [-0.1, -0.05) is 11.6 Å². The Morgan fingerprint density at radius 1 is 1.09 bits per heavy atom. The Balaban J connectivity index is 1.34. The smallest absolute Gasteiger partial charge is 0.257 e. The van der Waals surface area contributed by atoms with Crippen LogP contribution in [0.15, 0.2) is 36.4 Å². The van der Waals surface area contributed by atoms with Gasteiger partial charge in [0.1, 0.15) is 11.6 Å². The van der Waals surface area contributed by atoms with E-state index >= 15 is 0 Å². The van der Waals surface area contributed by atoms with E-state index in [2.05, 4.69) is 5.32 Å². The number of benzene rings is 2. The number of amides is 2. The summed E-state index contributed by atoms with van der Waals surface area (Å²) in [6.07, 6.45) is 1.05. The number of hydrogen-bond acceptors (Lipinski definition) is 5. The van der Waals surface area contributed by atoms with Crippen LogP contribution in [-0.4, -0.2) is 63.2 Å². The van der Waals surface area contributed by atoms with Crippen molar-refractivity contribution in [2.24, 2.45) is 5.92 Å². The molecule has 0 aromatic heterocycles. The first kappa shape index (κ1) is 23.3. The van der Waals surface area contributed by atoms with E-state index in [0.29, 0.717) is 79.9 Å². The Kier molecular flexibility index (Phi) is 7.35. The molecule has 0 spiro atoms. The summed E-state index contributed by atoms with van der Waals surface area (Å²) in [6, 6.07) is 9.69. The lowest BCUT2D eigenvalue weighted by Crippen LogP contribution is -2.41. The highest BCUT2D eigenvalue weighted by Gasteiger charge is 2.29. The van der Waals surface area contributed by atoms with Gasteiger partial charge in [0.05, 0.1) is 31.6 Å². The average Bonchev–Trinajstić information content (AvgIpc) is 2.84. The van der Waals surface area contributed by atoms with E-state index in [9.17, 15) is 14.0 Å². The number of nitrogens with zero attached hydrogens (tertiary/aromatic N) is 2. The maximum absolute atomic E-state index is 14.6. The number of halogens is 2. The first-order valence-electron chi connectivity index (χ1n) is 11.0. The number of hydrogen-bond donors (Lipinski definition) is 1. The fourth-order valence-corrected chi connectivity index (χ4v) is 4.42. The summed E-state index contributed by atoms with van der Waals surface area (Å²) in [5, 5.41) is 3.28. The highest BCUT2D eigenvalue weighted by molar-refractivity contribution is 6.31. The number of rotatable bonds is 5. The van der Waals surface area contributed by atoms with Gasteiger partial charge in [-0.3, -0.25) is 9.59 Å². The molecule has 33 heavy (non-hydrogen) atoms. The predicted octanol–water partition coefficient (Wildman–Crippen LogP) is 3.82. The van der Waals surface area contributed by atoms with Crippen molar-refractivity contribution < 1.29 is 23.5 Å². The van der Waals surface area contributed by atoms with Gasteiger partial charge in [0.25, 0.3) is 5.91 Å². The van der Waals surface area contributed by atoms with Crippen molar-refractivity contribution in [3.05, 3.63) is 52.8 Å². The molecule has 2 aliphatic heterocycles. The number of carbonyl (C=O) groups excluding carboxylic acids is 2. The van der Waals surface area contributed by atoms with E-state index in [1.807, 2.05) is 4.90 Å². The summed E-state index contributed by atoms with van der Waals surface area (Å²) < 4.78 is 25.2. The highest BCUT2D eigenvalue weighted by Crippen LogP contribution is 2.28. The maximum Gasteiger partial charge on any atom is 0.257 e. The number of ether oxygens (including phenoxy) is 2. The molecule has 2 aromatic carbocycles. The number of carbonyl (C=O) groups is 2. The van der Waals surface area contributed by atoms with Gasteiger partial charge >= 0.3 is 0 Å². The molecule has 0 atom stereocenters. The Hall–Kier alpha value is -2.84. The first-order chi connectivity index (χ1) is 16.0. The van der Waals surface area contributed by atoms with Crippen LogP contribution in [-0.2, 0) is 9.53 Å². The molecule has 2 saturated heterocycles. The molecule has 0 unspecified atom stereocenters. The van der Waals surface area contributed by atoms with E-state index < -0.39 is 0 Å². The Morgan fingerprint density at radius 2 is 1.82 bits per heavy atom. The van der Waals surface area contributed by atoms with Crippen LogP contribution in [0.4, 0.5) is 15.8 Å². The summed E-state index contributed by atoms with van der Waals surface area (Å²) in [5.41, 5.74) is 1.35. The molecule has 0 radical (unpaired) electrons. The summed E-state index contributed by atoms with van der Waals surface area (Å²) >= 11 is 6.05. The predicted molar refractivity (Wildman–Crippen MR) is 125 cm³/mol. The normalized spacial score (nSPS) is 17.1. The number of nitrogens with one attached hydrogen (secondary N) is 1. The number of likely N-dealkylation sites (tertiary alicyclic amines) is 1. The van der Waals surface area contributed by atoms with Crippen molar-refractivity contribution in [3.63, 3.8) is 0 Å². The molecule has 1 N–H and O–H groups in total. The van der Waals surface area contributed by atoms with Crippen LogP contribution in [0.1, 0.15) is 23.2 Å². The second-order valence-corrected chi connectivity index (χ2v) is 8.60. The minimum Gasteiger partial charge on any atom is -0.496 e. The van der Waals surface area contributed by atoms with E-state index in [4.69, 9.17) is 21.1 Å². The molecule has 0 saturated carbocycles. The number of piperidine rings is 1. The molecule has 2 amide bonds. The molecule has 0 aliphatic carbocycles. The third-order valence-corrected chi connectivity index (χ3v) is 6.35. The third-order valence-electron chi connectivity index (χ3n) is 6.11. The molecule has 0 bridgehead atoms. The van der Waals surface area contributed by atoms with Gasteiger partial charge in [-0.2, -0.15) is 0 Å². The van der Waals surface area contributed by atoms with Crippen LogP contribution in [0.2, 0.25) is 5.02 Å². The molecular formula is C24H27ClFN3O4. The maximum atomic E-state index is 14.6. The summed E-state index contributed by atoms with van der Waals surface area (Å²) in [6.45, 7) is 3.31. The zero-order valence-electron chi connectivity index (χ0n) is 18.5. The van der Waals surface area contributed by atoms with Crippen LogP contribution in [0.5, 0.6) is 5.75 Å². The quantitative estimate of drug-likeness (QED) is 0.712. The van der Waals surface area contributed by atoms with Gasteiger partial charge in [-0.05, 0) is 49.2 Å². The van der Waals surface area contributed by atoms with Gasteiger partial charge in [0.15, 0.2) is 0 Å². The zero-order valence-corrected chi connectivity index (χ0v) is 19.2. The van der Waals surface area contributed by atoms with Gasteiger partial charge < -0.3 is 24.6 Å². The average molecular weight is 476 g/mol. The second-order valence-electron chi connectivity index (χ2n) is 8.17. The molecule has 2 fully saturated rings. The van der Waals surface area contributed by atoms with Crippen molar-refractivity contribution in [2.45, 2.75) is 12.8 Å². The van der Waals surface area contributed by atoms with Crippen molar-refractivity contribution in [1.82, 2.24) is 4.90 Å². The minimum absolute atomic E-state index is 0.166. The van der Waals surface area contributed by atoms with E-state index in [1.54, 1.807) is 35.2 Å². The largest absolute Gasteiger partial charge is 0.496 e. The van der Waals surface area contributed by atoms with Crippen LogP contribution < -0.4 is 15.0 Å². The minimum atomic E-state index is -0.370. The number of methoxy groups -OCH3 is 1. The van der Waals surface area contributed by atoms with Crippen molar-refractivity contribution in [1.29, 1.82) is 0 Å². The monoisotopic (exact) mass is 475 g/mol. The summed E-state index contributed by atoms with van der Waals surface area (Å²) in [7, 11) is 1.51. The first-order valence-corrected chi connectivity index (χ1v) is 11.4. The molecule has 2 aliphatic rings. The zero-order chi connectivity index (χ0) is 23.4. The molecule has 4 rings (SSSR count). The van der Waals surface area contributed by atoms with Crippen LogP contribution >= 0.6 is 11.6 Å². The second kappa shape index (κ2) is 10.4. The van der Waals surface area contributed by atoms with Gasteiger partial charge in [0.2, 0.25) is 5.91 Å². The van der Waals surface area contributed by atoms with Gasteiger partial charge in [-0.15, -0.1) is 0 Å². The molecule has 2 heterocycles. The van der Waals surface area contributed by atoms with Crippen LogP contribution in [0.25, 0.3) is 0 Å². The lowest BCUT2D eigenvalue weighted by atomic mass is 9.95. The van der Waals surface area contributed by atoms with Crippen molar-refractivity contribution in [3.8, 4) is 5.75 Å². The SMILES string of the molecule is COc1ccc(Cl)cc1C(=O)N1CCC(C(=O)Nc2ccc(N3CCOCC3)c(F)c2)CC1. The molecule has 2 aromatic rings. The van der Waals surface area contributed by atoms with Crippen LogP contribution in [0, 0.1) is 11.7 Å². The molecule has 7 nitrogen and oxygen atoms in total. The number of anilines is 2. The van der Waals surface area contributed by atoms with E-state index in [-0.39, 0.29) is 23.5 Å². The lowest BCUT2D eigenvalue weighted by Gasteiger charge is -2.32. The van der Waals surface area contributed by atoms with E-state index in [0.717, 1.165) is 0 Å². The van der Waals surface area contributed by atoms with Gasteiger partial charge in [-0.25, -0.2) is 4.39 Å². The third kappa shape index (κ3) is 5.39. The molecular weight excluding hydrogens is 449 g/mol. The molecule has 9 heteroatoms. The van der Waals surface area contributed by atoms with Crippen molar-refractivity contribution in [2.75, 3.05) is 56.7 Å². The Bertz CT molecular complexity index is 1020. The molecule has 176 valence electrons. The summed E-state index contributed by atoms with van der Waals surface area (Å²) in [4.78, 5) is 29.3. The van der Waals surface area contributed by atoms with E-state index in [1.165, 1.54) is 13.2 Å². The van der Waals surface area contributed by atoms with Gasteiger partial charge in [0, 0.05) is 42.8 Å². The fourth-order valence-electron chi connectivity index (χ4n) is 4.25. The fraction of sp³-hybridized carbons (Fsp3) is 0.417. The van der Waals surface area contributed by atoms with Crippen LogP contribution in [0.3, 0.4) is 0 Å². The topological polar surface area (TPSA) is 71.1 Å². The summed E-state index contributed by atoms with van der Waals surface area (Å²) in [5.74, 6) is -0.496. The number of morpholine rings is 1. The highest BCUT2D eigenvalue weighted by atomic mass is 35.5. The Morgan fingerprint density at radius 3 is 2.48 bits per heavy atom. The van der Waals surface area contributed by atoms with Crippen molar-refractivity contribution >= 4 is 34.8 Å². The Labute approximate surface area is 197 Å². The standard InChI is InChI=1S/C24H27ClFN3O4/c1-32-22-5-2-17(25)14-19(22)24(31)29-8-6-16(7-9-29)23(30)27-18-3-4-21(20(26)15-18)28-10-12-33-13-11-28/h2-5,14-16H,6-13H2,1H3,(H,27,30). The lowest BCUT2D eigenvalue weighted by molar-refractivity contribution is -0.121.